The van der Waals surface area contributed by atoms with Gasteiger partial charge < -0.3 is 20.1 Å². The van der Waals surface area contributed by atoms with Gasteiger partial charge in [-0.1, -0.05) is 54.6 Å². The number of nitrogens with zero attached hydrogens (tertiary/aromatic N) is 1. The number of aliphatic imine (C=N–C) groups is 1. The van der Waals surface area contributed by atoms with Gasteiger partial charge in [0.2, 0.25) is 0 Å². The summed E-state index contributed by atoms with van der Waals surface area (Å²) < 4.78 is 11.0. The van der Waals surface area contributed by atoms with Crippen molar-refractivity contribution in [2.24, 2.45) is 4.99 Å². The zero-order valence-electron chi connectivity index (χ0n) is 15.9. The Labute approximate surface area is 156 Å². The van der Waals surface area contributed by atoms with Crippen LogP contribution in [0.1, 0.15) is 23.6 Å². The van der Waals surface area contributed by atoms with Gasteiger partial charge in [-0.05, 0) is 23.6 Å². The molecule has 1 unspecified atom stereocenters. The van der Waals surface area contributed by atoms with Crippen molar-refractivity contribution in [1.82, 2.24) is 10.6 Å². The molecule has 5 nitrogen and oxygen atoms in total. The highest BCUT2D eigenvalue weighted by atomic mass is 16.5. The molecule has 0 fully saturated rings. The zero-order chi connectivity index (χ0) is 18.6. The van der Waals surface area contributed by atoms with Gasteiger partial charge in [0.25, 0.3) is 0 Å². The van der Waals surface area contributed by atoms with Crippen LogP contribution in [0.3, 0.4) is 0 Å². The first-order valence-corrected chi connectivity index (χ1v) is 8.87. The maximum absolute atomic E-state index is 5.89. The van der Waals surface area contributed by atoms with Crippen molar-refractivity contribution in [2.75, 3.05) is 20.8 Å². The van der Waals surface area contributed by atoms with Crippen LogP contribution < -0.4 is 10.6 Å². The molecule has 26 heavy (non-hydrogen) atoms. The highest BCUT2D eigenvalue weighted by Crippen LogP contribution is 2.11. The summed E-state index contributed by atoms with van der Waals surface area (Å²) >= 11 is 0. The van der Waals surface area contributed by atoms with Crippen LogP contribution in [-0.2, 0) is 29.2 Å². The smallest absolute Gasteiger partial charge is 0.191 e. The van der Waals surface area contributed by atoms with Crippen molar-refractivity contribution in [2.45, 2.75) is 32.7 Å². The molecule has 2 aromatic rings. The van der Waals surface area contributed by atoms with Crippen LogP contribution in [0.15, 0.2) is 59.6 Å². The van der Waals surface area contributed by atoms with Crippen LogP contribution >= 0.6 is 0 Å². The molecule has 0 aromatic heterocycles. The number of rotatable bonds is 9. The number of hydrogen-bond donors (Lipinski definition) is 2. The predicted octanol–water partition coefficient (Wildman–Crippen LogP) is 3.10. The van der Waals surface area contributed by atoms with E-state index in [9.17, 15) is 0 Å². The van der Waals surface area contributed by atoms with Crippen LogP contribution in [0.2, 0.25) is 0 Å². The molecule has 0 radical (unpaired) electrons. The third-order valence-corrected chi connectivity index (χ3v) is 3.96. The second-order valence-corrected chi connectivity index (χ2v) is 6.17. The number of hydrogen-bond acceptors (Lipinski definition) is 3. The third-order valence-electron chi connectivity index (χ3n) is 3.96. The van der Waals surface area contributed by atoms with Gasteiger partial charge in [0, 0.05) is 26.7 Å². The van der Waals surface area contributed by atoms with Crippen molar-refractivity contribution < 1.29 is 9.47 Å². The number of ether oxygens (including phenoxy) is 2. The lowest BCUT2D eigenvalue weighted by Crippen LogP contribution is -2.43. The maximum atomic E-state index is 5.89. The second-order valence-electron chi connectivity index (χ2n) is 6.17. The lowest BCUT2D eigenvalue weighted by molar-refractivity contribution is 0.106. The SMILES string of the molecule is CN=C(NCc1ccccc1COCc1ccccc1)NC(C)COC. The Morgan fingerprint density at radius 3 is 2.38 bits per heavy atom. The van der Waals surface area contributed by atoms with Crippen LogP contribution in [0, 0.1) is 0 Å². The summed E-state index contributed by atoms with van der Waals surface area (Å²) in [6.07, 6.45) is 0. The van der Waals surface area contributed by atoms with E-state index in [0.717, 1.165) is 5.96 Å². The molecule has 0 aliphatic carbocycles. The normalized spacial score (nSPS) is 12.7. The molecule has 2 N–H and O–H groups in total. The Bertz CT molecular complexity index is 674. The highest BCUT2D eigenvalue weighted by Gasteiger charge is 2.07. The molecule has 140 valence electrons. The highest BCUT2D eigenvalue weighted by molar-refractivity contribution is 5.79. The Morgan fingerprint density at radius 2 is 1.69 bits per heavy atom. The van der Waals surface area contributed by atoms with Crippen LogP contribution in [-0.4, -0.2) is 32.8 Å². The molecule has 5 heteroatoms. The summed E-state index contributed by atoms with van der Waals surface area (Å²) in [4.78, 5) is 4.26. The molecule has 0 aliphatic heterocycles. The lowest BCUT2D eigenvalue weighted by Gasteiger charge is -2.18. The maximum Gasteiger partial charge on any atom is 0.191 e. The molecule has 0 saturated heterocycles. The Hall–Kier alpha value is -2.37. The first kappa shape index (κ1) is 19.9. The molecule has 2 aromatic carbocycles. The number of methoxy groups -OCH3 is 1. The topological polar surface area (TPSA) is 54.9 Å². The molecule has 2 rings (SSSR count). The van der Waals surface area contributed by atoms with Crippen molar-refractivity contribution >= 4 is 5.96 Å². The Balaban J connectivity index is 1.87. The van der Waals surface area contributed by atoms with Crippen LogP contribution in [0.4, 0.5) is 0 Å². The lowest BCUT2D eigenvalue weighted by atomic mass is 10.1. The molecular formula is C21H29N3O2. The zero-order valence-corrected chi connectivity index (χ0v) is 15.9. The van der Waals surface area contributed by atoms with E-state index in [1.807, 2.05) is 30.3 Å². The van der Waals surface area contributed by atoms with Crippen LogP contribution in [0.25, 0.3) is 0 Å². The fourth-order valence-electron chi connectivity index (χ4n) is 2.62. The minimum Gasteiger partial charge on any atom is -0.383 e. The quantitative estimate of drug-likeness (QED) is 0.536. The Morgan fingerprint density at radius 1 is 1.00 bits per heavy atom. The van der Waals surface area contributed by atoms with E-state index in [0.29, 0.717) is 26.4 Å². The number of benzene rings is 2. The largest absolute Gasteiger partial charge is 0.383 e. The van der Waals surface area contributed by atoms with Gasteiger partial charge in [-0.15, -0.1) is 0 Å². The summed E-state index contributed by atoms with van der Waals surface area (Å²) in [5.74, 6) is 0.759. The van der Waals surface area contributed by atoms with Gasteiger partial charge in [-0.3, -0.25) is 4.99 Å². The van der Waals surface area contributed by atoms with Gasteiger partial charge in [0.05, 0.1) is 19.8 Å². The van der Waals surface area contributed by atoms with Crippen molar-refractivity contribution in [3.8, 4) is 0 Å². The fourth-order valence-corrected chi connectivity index (χ4v) is 2.62. The van der Waals surface area contributed by atoms with E-state index in [1.54, 1.807) is 14.2 Å². The first-order chi connectivity index (χ1) is 12.7. The molecule has 0 aliphatic rings. The minimum atomic E-state index is 0.190. The van der Waals surface area contributed by atoms with Gasteiger partial charge >= 0.3 is 0 Å². The third kappa shape index (κ3) is 6.86. The van der Waals surface area contributed by atoms with Gasteiger partial charge in [-0.2, -0.15) is 0 Å². The fraction of sp³-hybridized carbons (Fsp3) is 0.381. The first-order valence-electron chi connectivity index (χ1n) is 8.87. The van der Waals surface area contributed by atoms with E-state index >= 15 is 0 Å². The van der Waals surface area contributed by atoms with Crippen molar-refractivity contribution in [1.29, 1.82) is 0 Å². The van der Waals surface area contributed by atoms with Crippen LogP contribution in [0.5, 0.6) is 0 Å². The molecular weight excluding hydrogens is 326 g/mol. The average Bonchev–Trinajstić information content (AvgIpc) is 2.67. The summed E-state index contributed by atoms with van der Waals surface area (Å²) in [5, 5.41) is 6.66. The monoisotopic (exact) mass is 355 g/mol. The summed E-state index contributed by atoms with van der Waals surface area (Å²) in [5.41, 5.74) is 3.55. The molecule has 0 spiro atoms. The average molecular weight is 355 g/mol. The van der Waals surface area contributed by atoms with Gasteiger partial charge in [0.1, 0.15) is 0 Å². The van der Waals surface area contributed by atoms with Gasteiger partial charge in [0.15, 0.2) is 5.96 Å². The van der Waals surface area contributed by atoms with E-state index in [1.165, 1.54) is 16.7 Å². The summed E-state index contributed by atoms with van der Waals surface area (Å²) in [6.45, 7) is 4.57. The van der Waals surface area contributed by atoms with E-state index in [-0.39, 0.29) is 6.04 Å². The Kier molecular flexibility index (Phi) is 8.66. The van der Waals surface area contributed by atoms with Crippen molar-refractivity contribution in [3.05, 3.63) is 71.3 Å². The predicted molar refractivity (Wildman–Crippen MR) is 106 cm³/mol. The summed E-state index contributed by atoms with van der Waals surface area (Å²) in [7, 11) is 3.46. The number of guanidine groups is 1. The molecule has 0 heterocycles. The molecule has 0 amide bonds. The van der Waals surface area contributed by atoms with Crippen molar-refractivity contribution in [3.63, 3.8) is 0 Å². The molecule has 0 saturated carbocycles. The molecule has 0 bridgehead atoms. The van der Waals surface area contributed by atoms with E-state index in [4.69, 9.17) is 9.47 Å². The number of nitrogens with one attached hydrogen (secondary N) is 2. The molecule has 1 atom stereocenters. The summed E-state index contributed by atoms with van der Waals surface area (Å²) in [6, 6.07) is 18.7. The van der Waals surface area contributed by atoms with E-state index in [2.05, 4.69) is 46.8 Å². The standard InChI is InChI=1S/C21H29N3O2/c1-17(14-25-3)24-21(22-2)23-13-19-11-7-8-12-20(19)16-26-15-18-9-5-4-6-10-18/h4-12,17H,13-16H2,1-3H3,(H2,22,23,24). The minimum absolute atomic E-state index is 0.190. The van der Waals surface area contributed by atoms with Gasteiger partial charge in [-0.25, -0.2) is 0 Å². The second kappa shape index (κ2) is 11.3. The van der Waals surface area contributed by atoms with E-state index < -0.39 is 0 Å².